The van der Waals surface area contributed by atoms with E-state index in [0.29, 0.717) is 18.1 Å². The second-order valence-corrected chi connectivity index (χ2v) is 4.89. The molecule has 1 aliphatic rings. The van der Waals surface area contributed by atoms with E-state index in [9.17, 15) is 10.1 Å². The van der Waals surface area contributed by atoms with Gasteiger partial charge in [0.15, 0.2) is 5.82 Å². The Balaban J connectivity index is 2.04. The van der Waals surface area contributed by atoms with E-state index in [1.165, 1.54) is 0 Å². The molecule has 0 aromatic carbocycles. The van der Waals surface area contributed by atoms with Gasteiger partial charge in [-0.1, -0.05) is 6.07 Å². The molecule has 0 bridgehead atoms. The highest BCUT2D eigenvalue weighted by Crippen LogP contribution is 2.29. The average molecular weight is 250 g/mol. The van der Waals surface area contributed by atoms with Gasteiger partial charge in [0.1, 0.15) is 0 Å². The van der Waals surface area contributed by atoms with Gasteiger partial charge in [0.2, 0.25) is 5.82 Å². The summed E-state index contributed by atoms with van der Waals surface area (Å²) < 4.78 is 1.67. The van der Waals surface area contributed by atoms with Crippen LogP contribution < -0.4 is 0 Å². The van der Waals surface area contributed by atoms with E-state index >= 15 is 0 Å². The lowest BCUT2D eigenvalue weighted by Gasteiger charge is -2.15. The summed E-state index contributed by atoms with van der Waals surface area (Å²) in [7, 11) is 0. The molecule has 0 fully saturated rings. The third-order valence-corrected chi connectivity index (χ3v) is 3.71. The minimum absolute atomic E-state index is 0.266. The van der Waals surface area contributed by atoms with Crippen molar-refractivity contribution in [3.8, 4) is 10.7 Å². The Kier molecular flexibility index (Phi) is 2.40. The van der Waals surface area contributed by atoms with Crippen molar-refractivity contribution >= 4 is 11.3 Å². The van der Waals surface area contributed by atoms with Crippen LogP contribution in [0.1, 0.15) is 24.7 Å². The predicted octanol–water partition coefficient (Wildman–Crippen LogP) is 2.12. The Morgan fingerprint density at radius 1 is 1.59 bits per heavy atom. The third kappa shape index (κ3) is 1.72. The van der Waals surface area contributed by atoms with Gasteiger partial charge >= 0.3 is 0 Å². The first-order valence-electron chi connectivity index (χ1n) is 5.38. The van der Waals surface area contributed by atoms with Crippen LogP contribution in [0.3, 0.4) is 0 Å². The molecule has 6 nitrogen and oxygen atoms in total. The van der Waals surface area contributed by atoms with Gasteiger partial charge in [-0.05, 0) is 17.9 Å². The van der Waals surface area contributed by atoms with Crippen LogP contribution in [0.25, 0.3) is 10.7 Å². The molecule has 7 heteroatoms. The lowest BCUT2D eigenvalue weighted by atomic mass is 10.1. The van der Waals surface area contributed by atoms with Gasteiger partial charge in [-0.25, -0.2) is 9.67 Å². The van der Waals surface area contributed by atoms with Crippen LogP contribution in [0.4, 0.5) is 0 Å². The SMILES string of the molecule is O=[N+]([O-])C1CCCn2nc(-c3cccs3)nc21. The quantitative estimate of drug-likeness (QED) is 0.604. The van der Waals surface area contributed by atoms with E-state index in [4.69, 9.17) is 0 Å². The number of aryl methyl sites for hydroxylation is 1. The Morgan fingerprint density at radius 2 is 2.47 bits per heavy atom. The standard InChI is InChI=1S/C10H10N4O2S/c15-14(16)7-3-1-5-13-10(7)11-9(12-13)8-4-2-6-17-8/h2,4,6-7H,1,3,5H2. The number of hydrogen-bond acceptors (Lipinski definition) is 5. The zero-order valence-corrected chi connectivity index (χ0v) is 9.76. The minimum atomic E-state index is -0.704. The normalized spacial score (nSPS) is 18.9. The van der Waals surface area contributed by atoms with E-state index in [0.717, 1.165) is 17.8 Å². The number of aromatic nitrogens is 3. The zero-order valence-electron chi connectivity index (χ0n) is 8.94. The minimum Gasteiger partial charge on any atom is -0.264 e. The maximum atomic E-state index is 10.9. The van der Waals surface area contributed by atoms with Gasteiger partial charge in [-0.3, -0.25) is 10.1 Å². The topological polar surface area (TPSA) is 73.8 Å². The Hall–Kier alpha value is -1.76. The smallest absolute Gasteiger partial charge is 0.264 e. The van der Waals surface area contributed by atoms with Gasteiger partial charge in [0.05, 0.1) is 4.88 Å². The molecule has 0 N–H and O–H groups in total. The molecule has 2 aromatic rings. The van der Waals surface area contributed by atoms with E-state index < -0.39 is 6.04 Å². The zero-order chi connectivity index (χ0) is 11.8. The predicted molar refractivity (Wildman–Crippen MR) is 62.3 cm³/mol. The maximum absolute atomic E-state index is 10.9. The fourth-order valence-electron chi connectivity index (χ4n) is 2.04. The summed E-state index contributed by atoms with van der Waals surface area (Å²) in [5.74, 6) is 1.09. The van der Waals surface area contributed by atoms with Crippen molar-refractivity contribution in [3.05, 3.63) is 33.5 Å². The molecule has 0 spiro atoms. The Labute approximate surface area is 101 Å². The summed E-state index contributed by atoms with van der Waals surface area (Å²) in [6.45, 7) is 0.720. The molecule has 0 aliphatic carbocycles. The van der Waals surface area contributed by atoms with E-state index in [-0.39, 0.29) is 4.92 Å². The van der Waals surface area contributed by atoms with Gasteiger partial charge in [-0.2, -0.15) is 0 Å². The monoisotopic (exact) mass is 250 g/mol. The molecular formula is C10H10N4O2S. The first kappa shape index (κ1) is 10.4. The van der Waals surface area contributed by atoms with E-state index in [1.54, 1.807) is 16.0 Å². The van der Waals surface area contributed by atoms with Gasteiger partial charge in [0, 0.05) is 17.9 Å². The highest BCUT2D eigenvalue weighted by atomic mass is 32.1. The molecule has 2 aromatic heterocycles. The van der Waals surface area contributed by atoms with Crippen LogP contribution in [0.5, 0.6) is 0 Å². The van der Waals surface area contributed by atoms with Crippen LogP contribution >= 0.6 is 11.3 Å². The molecule has 1 aliphatic heterocycles. The molecule has 3 rings (SSSR count). The molecule has 0 saturated carbocycles. The molecule has 0 amide bonds. The lowest BCUT2D eigenvalue weighted by Crippen LogP contribution is -2.22. The number of thiophene rings is 1. The molecule has 1 atom stereocenters. The maximum Gasteiger partial charge on any atom is 0.271 e. The van der Waals surface area contributed by atoms with Gasteiger partial charge in [-0.15, -0.1) is 16.4 Å². The largest absolute Gasteiger partial charge is 0.271 e. The van der Waals surface area contributed by atoms with Crippen molar-refractivity contribution in [1.82, 2.24) is 14.8 Å². The summed E-state index contributed by atoms with van der Waals surface area (Å²) >= 11 is 1.54. The van der Waals surface area contributed by atoms with Gasteiger partial charge in [0.25, 0.3) is 6.04 Å². The first-order valence-corrected chi connectivity index (χ1v) is 6.26. The fraction of sp³-hybridized carbons (Fsp3) is 0.400. The molecular weight excluding hydrogens is 240 g/mol. The number of nitrogens with zero attached hydrogens (tertiary/aromatic N) is 4. The van der Waals surface area contributed by atoms with Crippen molar-refractivity contribution in [1.29, 1.82) is 0 Å². The molecule has 17 heavy (non-hydrogen) atoms. The van der Waals surface area contributed by atoms with Gasteiger partial charge < -0.3 is 0 Å². The lowest BCUT2D eigenvalue weighted by molar-refractivity contribution is -0.533. The van der Waals surface area contributed by atoms with Crippen LogP contribution in [0, 0.1) is 10.1 Å². The van der Waals surface area contributed by atoms with Crippen molar-refractivity contribution < 1.29 is 4.92 Å². The van der Waals surface area contributed by atoms with E-state index in [1.807, 2.05) is 17.5 Å². The molecule has 1 unspecified atom stereocenters. The fourth-order valence-corrected chi connectivity index (χ4v) is 2.69. The van der Waals surface area contributed by atoms with Crippen molar-refractivity contribution in [2.45, 2.75) is 25.4 Å². The summed E-state index contributed by atoms with van der Waals surface area (Å²) in [4.78, 5) is 15.9. The average Bonchev–Trinajstić information content (AvgIpc) is 2.96. The molecule has 88 valence electrons. The summed E-state index contributed by atoms with van der Waals surface area (Å²) in [6.07, 6.45) is 1.33. The number of hydrogen-bond donors (Lipinski definition) is 0. The van der Waals surface area contributed by atoms with Crippen molar-refractivity contribution in [2.75, 3.05) is 0 Å². The second kappa shape index (κ2) is 3.92. The Bertz CT molecular complexity index is 549. The summed E-state index contributed by atoms with van der Waals surface area (Å²) in [5, 5.41) is 17.2. The summed E-state index contributed by atoms with van der Waals surface area (Å²) in [6, 6.07) is 3.14. The molecule has 0 radical (unpaired) electrons. The molecule has 3 heterocycles. The molecule has 0 saturated heterocycles. The van der Waals surface area contributed by atoms with Crippen LogP contribution in [-0.4, -0.2) is 19.7 Å². The number of fused-ring (bicyclic) bond motifs is 1. The highest BCUT2D eigenvalue weighted by Gasteiger charge is 2.33. The van der Waals surface area contributed by atoms with Crippen LogP contribution in [-0.2, 0) is 6.54 Å². The first-order chi connectivity index (χ1) is 8.25. The highest BCUT2D eigenvalue weighted by molar-refractivity contribution is 7.13. The Morgan fingerprint density at radius 3 is 3.18 bits per heavy atom. The van der Waals surface area contributed by atoms with Crippen molar-refractivity contribution in [3.63, 3.8) is 0 Å². The van der Waals surface area contributed by atoms with E-state index in [2.05, 4.69) is 10.1 Å². The second-order valence-electron chi connectivity index (χ2n) is 3.94. The number of nitro groups is 1. The third-order valence-electron chi connectivity index (χ3n) is 2.84. The van der Waals surface area contributed by atoms with Crippen molar-refractivity contribution in [2.24, 2.45) is 0 Å². The summed E-state index contributed by atoms with van der Waals surface area (Å²) in [5.41, 5.74) is 0. The number of rotatable bonds is 2. The van der Waals surface area contributed by atoms with Crippen LogP contribution in [0.2, 0.25) is 0 Å². The van der Waals surface area contributed by atoms with Crippen LogP contribution in [0.15, 0.2) is 17.5 Å².